The molecular formula is C13H18N2O4. The zero-order valence-electron chi connectivity index (χ0n) is 10.6. The fourth-order valence-corrected chi connectivity index (χ4v) is 1.63. The molecule has 6 heteroatoms. The average molecular weight is 266 g/mol. The average Bonchev–Trinajstić information content (AvgIpc) is 2.37. The summed E-state index contributed by atoms with van der Waals surface area (Å²) in [4.78, 5) is 22.1. The largest absolute Gasteiger partial charge is 0.481 e. The summed E-state index contributed by atoms with van der Waals surface area (Å²) in [5.41, 5.74) is 6.10. The predicted octanol–water partition coefficient (Wildman–Crippen LogP) is 0.0267. The summed E-state index contributed by atoms with van der Waals surface area (Å²) in [7, 11) is 0. The minimum atomic E-state index is -1.14. The number of aliphatic hydroxyl groups is 1. The molecule has 0 saturated carbocycles. The van der Waals surface area contributed by atoms with Gasteiger partial charge in [-0.2, -0.15) is 0 Å². The summed E-state index contributed by atoms with van der Waals surface area (Å²) in [6, 6.07) is 7.18. The van der Waals surface area contributed by atoms with Gasteiger partial charge in [0.25, 0.3) is 0 Å². The zero-order chi connectivity index (χ0) is 14.4. The number of carbonyl (C=O) groups is 2. The third-order valence-corrected chi connectivity index (χ3v) is 2.72. The summed E-state index contributed by atoms with van der Waals surface area (Å²) in [6.07, 6.45) is -1.32. The quantitative estimate of drug-likeness (QED) is 0.580. The third-order valence-electron chi connectivity index (χ3n) is 2.72. The van der Waals surface area contributed by atoms with E-state index in [1.165, 1.54) is 0 Å². The third kappa shape index (κ3) is 4.69. The van der Waals surface area contributed by atoms with Crippen LogP contribution in [0.1, 0.15) is 25.0 Å². The van der Waals surface area contributed by atoms with E-state index in [9.17, 15) is 14.7 Å². The van der Waals surface area contributed by atoms with E-state index >= 15 is 0 Å². The Morgan fingerprint density at radius 1 is 1.32 bits per heavy atom. The van der Waals surface area contributed by atoms with Crippen LogP contribution < -0.4 is 11.1 Å². The fourth-order valence-electron chi connectivity index (χ4n) is 1.63. The molecule has 0 spiro atoms. The van der Waals surface area contributed by atoms with E-state index in [1.807, 2.05) is 6.07 Å². The van der Waals surface area contributed by atoms with Gasteiger partial charge in [-0.15, -0.1) is 0 Å². The fraction of sp³-hybridized carbons (Fsp3) is 0.385. The van der Waals surface area contributed by atoms with Crippen LogP contribution >= 0.6 is 0 Å². The summed E-state index contributed by atoms with van der Waals surface area (Å²) in [5, 5.41) is 21.1. The standard InChI is InChI=1S/C13H18N2O4/c1-8(12(18)9-5-3-2-4-6-9)15-13(19)10(14)7-11(16)17/h2-6,8,10,12,18H,7,14H2,1H3,(H,15,19)(H,16,17)/t8-,10-,12-/m0/s1. The Hall–Kier alpha value is -1.92. The van der Waals surface area contributed by atoms with Crippen molar-refractivity contribution >= 4 is 11.9 Å². The molecule has 0 unspecified atom stereocenters. The van der Waals surface area contributed by atoms with Gasteiger partial charge in [0.1, 0.15) is 0 Å². The van der Waals surface area contributed by atoms with E-state index in [4.69, 9.17) is 10.8 Å². The molecule has 0 aromatic heterocycles. The first-order chi connectivity index (χ1) is 8.91. The van der Waals surface area contributed by atoms with Gasteiger partial charge in [0.2, 0.25) is 5.91 Å². The molecule has 0 aliphatic rings. The topological polar surface area (TPSA) is 113 Å². The number of nitrogens with one attached hydrogen (secondary N) is 1. The van der Waals surface area contributed by atoms with Gasteiger partial charge in [-0.05, 0) is 12.5 Å². The van der Waals surface area contributed by atoms with Crippen molar-refractivity contribution in [1.29, 1.82) is 0 Å². The Morgan fingerprint density at radius 2 is 1.89 bits per heavy atom. The molecule has 0 fully saturated rings. The number of benzene rings is 1. The predicted molar refractivity (Wildman–Crippen MR) is 69.2 cm³/mol. The number of aliphatic carboxylic acids is 1. The van der Waals surface area contributed by atoms with Crippen LogP contribution in [0.25, 0.3) is 0 Å². The van der Waals surface area contributed by atoms with Gasteiger partial charge < -0.3 is 21.3 Å². The van der Waals surface area contributed by atoms with Crippen molar-refractivity contribution in [3.8, 4) is 0 Å². The van der Waals surface area contributed by atoms with Crippen molar-refractivity contribution in [2.45, 2.75) is 31.5 Å². The molecule has 0 aliphatic carbocycles. The van der Waals surface area contributed by atoms with Gasteiger partial charge in [0, 0.05) is 0 Å². The molecule has 0 bridgehead atoms. The molecule has 0 radical (unpaired) electrons. The van der Waals surface area contributed by atoms with Crippen molar-refractivity contribution in [2.24, 2.45) is 5.73 Å². The van der Waals surface area contributed by atoms with Crippen molar-refractivity contribution in [1.82, 2.24) is 5.32 Å². The van der Waals surface area contributed by atoms with Crippen molar-refractivity contribution < 1.29 is 19.8 Å². The van der Waals surface area contributed by atoms with E-state index < -0.39 is 36.5 Å². The van der Waals surface area contributed by atoms with E-state index in [1.54, 1.807) is 31.2 Å². The van der Waals surface area contributed by atoms with E-state index in [-0.39, 0.29) is 0 Å². The highest BCUT2D eigenvalue weighted by Gasteiger charge is 2.22. The number of carbonyl (C=O) groups excluding carboxylic acids is 1. The van der Waals surface area contributed by atoms with Crippen molar-refractivity contribution in [2.75, 3.05) is 0 Å². The van der Waals surface area contributed by atoms with E-state index in [0.29, 0.717) is 5.56 Å². The molecule has 5 N–H and O–H groups in total. The lowest BCUT2D eigenvalue weighted by Crippen LogP contribution is -2.47. The summed E-state index contributed by atoms with van der Waals surface area (Å²) in [5.74, 6) is -1.73. The normalized spacial score (nSPS) is 15.3. The second-order valence-corrected chi connectivity index (χ2v) is 4.36. The molecule has 0 saturated heterocycles. The summed E-state index contributed by atoms with van der Waals surface area (Å²) in [6.45, 7) is 1.63. The lowest BCUT2D eigenvalue weighted by atomic mass is 10.0. The van der Waals surface area contributed by atoms with Crippen molar-refractivity contribution in [3.05, 3.63) is 35.9 Å². The molecule has 104 valence electrons. The van der Waals surface area contributed by atoms with Crippen LogP contribution in [0.2, 0.25) is 0 Å². The van der Waals surface area contributed by atoms with Crippen molar-refractivity contribution in [3.63, 3.8) is 0 Å². The number of rotatable bonds is 6. The molecular weight excluding hydrogens is 248 g/mol. The molecule has 6 nitrogen and oxygen atoms in total. The first-order valence-corrected chi connectivity index (χ1v) is 5.92. The maximum Gasteiger partial charge on any atom is 0.305 e. The second-order valence-electron chi connectivity index (χ2n) is 4.36. The molecule has 0 aliphatic heterocycles. The van der Waals surface area contributed by atoms with Gasteiger partial charge in [0.15, 0.2) is 0 Å². The molecule has 1 aromatic carbocycles. The van der Waals surface area contributed by atoms with Crippen LogP contribution in [0.15, 0.2) is 30.3 Å². The number of aliphatic hydroxyl groups excluding tert-OH is 1. The van der Waals surface area contributed by atoms with Crippen LogP contribution in [-0.4, -0.2) is 34.2 Å². The summed E-state index contributed by atoms with van der Waals surface area (Å²) >= 11 is 0. The maximum atomic E-state index is 11.6. The Bertz CT molecular complexity index is 436. The molecule has 1 rings (SSSR count). The Morgan fingerprint density at radius 3 is 2.42 bits per heavy atom. The SMILES string of the molecule is C[C@H](NC(=O)[C@@H](N)CC(=O)O)[C@H](O)c1ccccc1. The zero-order valence-corrected chi connectivity index (χ0v) is 10.6. The molecule has 3 atom stereocenters. The second kappa shape index (κ2) is 6.86. The van der Waals surface area contributed by atoms with Crippen LogP contribution in [0.3, 0.4) is 0 Å². The number of amides is 1. The Kier molecular flexibility index (Phi) is 5.47. The lowest BCUT2D eigenvalue weighted by Gasteiger charge is -2.22. The molecule has 0 heterocycles. The maximum absolute atomic E-state index is 11.6. The minimum absolute atomic E-state index is 0.444. The number of nitrogens with two attached hydrogens (primary N) is 1. The molecule has 1 aromatic rings. The van der Waals surface area contributed by atoms with Crippen LogP contribution in [0, 0.1) is 0 Å². The van der Waals surface area contributed by atoms with E-state index in [0.717, 1.165) is 0 Å². The minimum Gasteiger partial charge on any atom is -0.481 e. The highest BCUT2D eigenvalue weighted by molar-refractivity contribution is 5.86. The van der Waals surface area contributed by atoms with Crippen LogP contribution in [0.4, 0.5) is 0 Å². The number of hydrogen-bond donors (Lipinski definition) is 4. The van der Waals surface area contributed by atoms with Gasteiger partial charge in [-0.3, -0.25) is 9.59 Å². The van der Waals surface area contributed by atoms with Crippen LogP contribution in [0.5, 0.6) is 0 Å². The summed E-state index contributed by atoms with van der Waals surface area (Å²) < 4.78 is 0. The number of carboxylic acid groups (broad SMARTS) is 1. The smallest absolute Gasteiger partial charge is 0.305 e. The first-order valence-electron chi connectivity index (χ1n) is 5.92. The Labute approximate surface area is 111 Å². The van der Waals surface area contributed by atoms with Gasteiger partial charge in [-0.25, -0.2) is 0 Å². The highest BCUT2D eigenvalue weighted by atomic mass is 16.4. The number of hydrogen-bond acceptors (Lipinski definition) is 4. The first kappa shape index (κ1) is 15.1. The van der Waals surface area contributed by atoms with Gasteiger partial charge in [0.05, 0.1) is 24.6 Å². The highest BCUT2D eigenvalue weighted by Crippen LogP contribution is 2.16. The van der Waals surface area contributed by atoms with Gasteiger partial charge >= 0.3 is 5.97 Å². The Balaban J connectivity index is 2.57. The number of carboxylic acids is 1. The lowest BCUT2D eigenvalue weighted by molar-refractivity contribution is -0.139. The molecule has 19 heavy (non-hydrogen) atoms. The van der Waals surface area contributed by atoms with Crippen LogP contribution in [-0.2, 0) is 9.59 Å². The monoisotopic (exact) mass is 266 g/mol. The van der Waals surface area contributed by atoms with Gasteiger partial charge in [-0.1, -0.05) is 30.3 Å². The van der Waals surface area contributed by atoms with E-state index in [2.05, 4.69) is 5.32 Å². The molecule has 1 amide bonds.